The highest BCUT2D eigenvalue weighted by Gasteiger charge is 2.15. The molecule has 0 fully saturated rings. The largest absolute Gasteiger partial charge is 0.478 e. The number of hydrogen-bond donors (Lipinski definition) is 2. The smallest absolute Gasteiger partial charge is 0.337 e. The molecule has 86 valence electrons. The number of aromatic carboxylic acids is 1. The molecule has 0 atom stereocenters. The van der Waals surface area contributed by atoms with Gasteiger partial charge in [0.25, 0.3) is 0 Å². The number of aryl methyl sites for hydroxylation is 1. The Morgan fingerprint density at radius 3 is 2.50 bits per heavy atom. The maximum Gasteiger partial charge on any atom is 0.337 e. The van der Waals surface area contributed by atoms with E-state index in [1.165, 1.54) is 13.0 Å². The van der Waals surface area contributed by atoms with E-state index in [9.17, 15) is 9.59 Å². The van der Waals surface area contributed by atoms with Crippen molar-refractivity contribution >= 4 is 33.5 Å². The number of carbonyl (C=O) groups is 2. The van der Waals surface area contributed by atoms with E-state index in [4.69, 9.17) is 5.11 Å². The molecular weight excluding hydrogens is 274 g/mol. The fourth-order valence-corrected chi connectivity index (χ4v) is 1.94. The van der Waals surface area contributed by atoms with E-state index >= 15 is 0 Å². The van der Waals surface area contributed by atoms with E-state index in [2.05, 4.69) is 21.2 Å². The van der Waals surface area contributed by atoms with E-state index in [0.717, 1.165) is 5.56 Å². The maximum atomic E-state index is 11.1. The van der Waals surface area contributed by atoms with Crippen LogP contribution < -0.4 is 5.32 Å². The Morgan fingerprint density at radius 2 is 2.06 bits per heavy atom. The second kappa shape index (κ2) is 5.12. The highest BCUT2D eigenvalue weighted by atomic mass is 79.9. The van der Waals surface area contributed by atoms with Crippen LogP contribution in [0.5, 0.6) is 0 Å². The quantitative estimate of drug-likeness (QED) is 0.897. The number of rotatable bonds is 3. The lowest BCUT2D eigenvalue weighted by Crippen LogP contribution is -2.13. The van der Waals surface area contributed by atoms with E-state index in [1.807, 2.05) is 6.92 Å². The number of anilines is 1. The van der Waals surface area contributed by atoms with E-state index < -0.39 is 5.97 Å². The van der Waals surface area contributed by atoms with E-state index in [1.54, 1.807) is 6.07 Å². The zero-order valence-corrected chi connectivity index (χ0v) is 10.6. The SMILES string of the molecule is CCc1cc(Br)cc(C(=O)O)c1NC(C)=O. The highest BCUT2D eigenvalue weighted by molar-refractivity contribution is 9.10. The van der Waals surface area contributed by atoms with Gasteiger partial charge in [-0.2, -0.15) is 0 Å². The van der Waals surface area contributed by atoms with Crippen LogP contribution in [0.3, 0.4) is 0 Å². The number of nitrogens with one attached hydrogen (secondary N) is 1. The van der Waals surface area contributed by atoms with Crippen molar-refractivity contribution in [2.45, 2.75) is 20.3 Å². The van der Waals surface area contributed by atoms with Gasteiger partial charge in [-0.1, -0.05) is 22.9 Å². The van der Waals surface area contributed by atoms with Crippen molar-refractivity contribution < 1.29 is 14.7 Å². The number of hydrogen-bond acceptors (Lipinski definition) is 2. The first-order valence-electron chi connectivity index (χ1n) is 4.79. The lowest BCUT2D eigenvalue weighted by Gasteiger charge is -2.12. The van der Waals surface area contributed by atoms with Crippen molar-refractivity contribution in [1.29, 1.82) is 0 Å². The average molecular weight is 286 g/mol. The fourth-order valence-electron chi connectivity index (χ4n) is 1.43. The Hall–Kier alpha value is -1.36. The molecule has 1 rings (SSSR count). The third kappa shape index (κ3) is 2.82. The van der Waals surface area contributed by atoms with Gasteiger partial charge in [-0.25, -0.2) is 4.79 Å². The number of carbonyl (C=O) groups excluding carboxylic acids is 1. The van der Waals surface area contributed by atoms with Crippen molar-refractivity contribution in [3.63, 3.8) is 0 Å². The lowest BCUT2D eigenvalue weighted by atomic mass is 10.0. The van der Waals surface area contributed by atoms with Crippen LogP contribution in [0.2, 0.25) is 0 Å². The number of carboxylic acid groups (broad SMARTS) is 1. The van der Waals surface area contributed by atoms with Gasteiger partial charge in [0.1, 0.15) is 0 Å². The van der Waals surface area contributed by atoms with Gasteiger partial charge in [-0.05, 0) is 24.1 Å². The molecule has 0 heterocycles. The van der Waals surface area contributed by atoms with Crippen LogP contribution in [0.15, 0.2) is 16.6 Å². The van der Waals surface area contributed by atoms with Gasteiger partial charge in [-0.3, -0.25) is 4.79 Å². The summed E-state index contributed by atoms with van der Waals surface area (Å²) in [6.07, 6.45) is 0.648. The normalized spacial score (nSPS) is 9.94. The molecule has 0 saturated heterocycles. The monoisotopic (exact) mass is 285 g/mol. The summed E-state index contributed by atoms with van der Waals surface area (Å²) in [5.74, 6) is -1.33. The molecule has 4 nitrogen and oxygen atoms in total. The van der Waals surface area contributed by atoms with Crippen LogP contribution in [0.25, 0.3) is 0 Å². The predicted molar refractivity (Wildman–Crippen MR) is 64.8 cm³/mol. The van der Waals surface area contributed by atoms with Gasteiger partial charge < -0.3 is 10.4 Å². The van der Waals surface area contributed by atoms with Crippen LogP contribution in [0, 0.1) is 0 Å². The van der Waals surface area contributed by atoms with Crippen molar-refractivity contribution in [2.24, 2.45) is 0 Å². The predicted octanol–water partition coefficient (Wildman–Crippen LogP) is 2.67. The van der Waals surface area contributed by atoms with E-state index in [-0.39, 0.29) is 11.5 Å². The molecule has 0 aliphatic carbocycles. The van der Waals surface area contributed by atoms with Crippen molar-refractivity contribution in [3.8, 4) is 0 Å². The van der Waals surface area contributed by atoms with Gasteiger partial charge in [0.2, 0.25) is 5.91 Å². The van der Waals surface area contributed by atoms with Crippen LogP contribution in [0.1, 0.15) is 29.8 Å². The summed E-state index contributed by atoms with van der Waals surface area (Å²) < 4.78 is 0.691. The molecule has 2 N–H and O–H groups in total. The minimum Gasteiger partial charge on any atom is -0.478 e. The molecule has 1 amide bonds. The zero-order valence-electron chi connectivity index (χ0n) is 9.00. The summed E-state index contributed by atoms with van der Waals surface area (Å²) in [6.45, 7) is 3.26. The van der Waals surface area contributed by atoms with Crippen molar-refractivity contribution in [1.82, 2.24) is 0 Å². The molecule has 0 aliphatic rings. The standard InChI is InChI=1S/C11H12BrNO3/c1-3-7-4-8(12)5-9(11(15)16)10(7)13-6(2)14/h4-5H,3H2,1-2H3,(H,13,14)(H,15,16). The van der Waals surface area contributed by atoms with Gasteiger partial charge in [0.15, 0.2) is 0 Å². The number of benzene rings is 1. The molecule has 0 radical (unpaired) electrons. The number of amides is 1. The highest BCUT2D eigenvalue weighted by Crippen LogP contribution is 2.27. The molecule has 0 aromatic heterocycles. The van der Waals surface area contributed by atoms with Gasteiger partial charge >= 0.3 is 5.97 Å². The molecule has 0 unspecified atom stereocenters. The third-order valence-electron chi connectivity index (χ3n) is 2.10. The average Bonchev–Trinajstić information content (AvgIpc) is 2.19. The molecule has 0 saturated carbocycles. The molecular formula is C11H12BrNO3. The van der Waals surface area contributed by atoms with Gasteiger partial charge in [-0.15, -0.1) is 0 Å². The Kier molecular flexibility index (Phi) is 4.06. The molecule has 0 spiro atoms. The lowest BCUT2D eigenvalue weighted by molar-refractivity contribution is -0.114. The van der Waals surface area contributed by atoms with Crippen LogP contribution in [0.4, 0.5) is 5.69 Å². The Morgan fingerprint density at radius 1 is 1.44 bits per heavy atom. The first-order valence-corrected chi connectivity index (χ1v) is 5.58. The van der Waals surface area contributed by atoms with Crippen molar-refractivity contribution in [3.05, 3.63) is 27.7 Å². The second-order valence-electron chi connectivity index (χ2n) is 3.33. The summed E-state index contributed by atoms with van der Waals surface area (Å²) in [5.41, 5.74) is 1.27. The van der Waals surface area contributed by atoms with Gasteiger partial charge in [0, 0.05) is 11.4 Å². The van der Waals surface area contributed by atoms with E-state index in [0.29, 0.717) is 16.6 Å². The summed E-state index contributed by atoms with van der Waals surface area (Å²) in [6, 6.07) is 3.28. The molecule has 1 aromatic rings. The number of carboxylic acids is 1. The summed E-state index contributed by atoms with van der Waals surface area (Å²) in [7, 11) is 0. The molecule has 16 heavy (non-hydrogen) atoms. The second-order valence-corrected chi connectivity index (χ2v) is 4.24. The van der Waals surface area contributed by atoms with Crippen molar-refractivity contribution in [2.75, 3.05) is 5.32 Å². The van der Waals surface area contributed by atoms with Gasteiger partial charge in [0.05, 0.1) is 11.3 Å². The van der Waals surface area contributed by atoms with Crippen LogP contribution in [-0.2, 0) is 11.2 Å². The maximum absolute atomic E-state index is 11.1. The minimum absolute atomic E-state index is 0.0985. The summed E-state index contributed by atoms with van der Waals surface area (Å²) in [5, 5.41) is 11.6. The molecule has 1 aromatic carbocycles. The summed E-state index contributed by atoms with van der Waals surface area (Å²) >= 11 is 3.25. The Labute approximate surface area is 102 Å². The van der Waals surface area contributed by atoms with Crippen LogP contribution in [-0.4, -0.2) is 17.0 Å². The fraction of sp³-hybridized carbons (Fsp3) is 0.273. The minimum atomic E-state index is -1.06. The zero-order chi connectivity index (χ0) is 12.3. The molecule has 0 bridgehead atoms. The molecule has 0 aliphatic heterocycles. The third-order valence-corrected chi connectivity index (χ3v) is 2.55. The Bertz CT molecular complexity index is 443. The molecule has 5 heteroatoms. The topological polar surface area (TPSA) is 66.4 Å². The summed E-state index contributed by atoms with van der Waals surface area (Å²) in [4.78, 5) is 22.1. The Balaban J connectivity index is 3.38. The first kappa shape index (κ1) is 12.7. The first-order chi connectivity index (χ1) is 7.45. The number of halogens is 1. The van der Waals surface area contributed by atoms with Crippen LogP contribution >= 0.6 is 15.9 Å².